The molecule has 0 saturated carbocycles. The number of nitrogens with zero attached hydrogens (tertiary/aromatic N) is 1. The van der Waals surface area contributed by atoms with Crippen LogP contribution in [0.1, 0.15) is 45.4 Å². The number of amides is 1. The lowest BCUT2D eigenvalue weighted by molar-refractivity contribution is -0.156. The fraction of sp³-hybridized carbons (Fsp3) is 0.846. The van der Waals surface area contributed by atoms with Crippen LogP contribution in [0.2, 0.25) is 0 Å². The molecule has 0 radical (unpaired) electrons. The Labute approximate surface area is 107 Å². The molecular weight excluding hydrogens is 234 g/mol. The monoisotopic (exact) mass is 255 g/mol. The average molecular weight is 255 g/mol. The molecule has 5 heteroatoms. The van der Waals surface area contributed by atoms with Crippen molar-refractivity contribution in [1.29, 1.82) is 0 Å². The fourth-order valence-corrected chi connectivity index (χ4v) is 2.86. The van der Waals surface area contributed by atoms with Crippen molar-refractivity contribution in [2.45, 2.75) is 57.1 Å². The van der Waals surface area contributed by atoms with Gasteiger partial charge >= 0.3 is 5.97 Å². The summed E-state index contributed by atoms with van der Waals surface area (Å²) >= 11 is 0. The molecule has 2 unspecified atom stereocenters. The number of carboxylic acids is 1. The first-order chi connectivity index (χ1) is 8.54. The van der Waals surface area contributed by atoms with Crippen LogP contribution < -0.4 is 0 Å². The summed E-state index contributed by atoms with van der Waals surface area (Å²) in [6.07, 6.45) is 4.66. The first kappa shape index (κ1) is 13.3. The highest BCUT2D eigenvalue weighted by Gasteiger charge is 2.46. The molecule has 2 saturated heterocycles. The van der Waals surface area contributed by atoms with Crippen LogP contribution in [0.4, 0.5) is 0 Å². The van der Waals surface area contributed by atoms with E-state index in [2.05, 4.69) is 0 Å². The van der Waals surface area contributed by atoms with Crippen LogP contribution >= 0.6 is 0 Å². The van der Waals surface area contributed by atoms with Crippen molar-refractivity contribution in [2.24, 2.45) is 0 Å². The normalized spacial score (nSPS) is 32.5. The molecule has 0 aliphatic carbocycles. The summed E-state index contributed by atoms with van der Waals surface area (Å²) in [6, 6.07) is 0. The van der Waals surface area contributed by atoms with Gasteiger partial charge in [-0.2, -0.15) is 0 Å². The maximum Gasteiger partial charge on any atom is 0.329 e. The minimum absolute atomic E-state index is 0.0232. The summed E-state index contributed by atoms with van der Waals surface area (Å²) in [5.41, 5.74) is -1.02. The van der Waals surface area contributed by atoms with Crippen molar-refractivity contribution < 1.29 is 19.4 Å². The second-order valence-corrected chi connectivity index (χ2v) is 5.42. The molecule has 0 aromatic heterocycles. The van der Waals surface area contributed by atoms with E-state index in [4.69, 9.17) is 4.74 Å². The Kier molecular flexibility index (Phi) is 3.90. The highest BCUT2D eigenvalue weighted by atomic mass is 16.5. The second kappa shape index (κ2) is 5.26. The fourth-order valence-electron chi connectivity index (χ4n) is 2.86. The van der Waals surface area contributed by atoms with Crippen molar-refractivity contribution in [1.82, 2.24) is 4.90 Å². The molecular formula is C13H21NO4. The zero-order valence-electron chi connectivity index (χ0n) is 10.9. The Balaban J connectivity index is 1.97. The van der Waals surface area contributed by atoms with Crippen LogP contribution in [-0.2, 0) is 14.3 Å². The van der Waals surface area contributed by atoms with Gasteiger partial charge in [0.2, 0.25) is 5.91 Å². The highest BCUT2D eigenvalue weighted by Crippen LogP contribution is 2.30. The quantitative estimate of drug-likeness (QED) is 0.828. The molecule has 1 N–H and O–H groups in total. The van der Waals surface area contributed by atoms with Crippen molar-refractivity contribution in [3.8, 4) is 0 Å². The lowest BCUT2D eigenvalue weighted by Crippen LogP contribution is -2.51. The molecule has 2 rings (SSSR count). The number of aliphatic carboxylic acids is 1. The van der Waals surface area contributed by atoms with E-state index >= 15 is 0 Å². The second-order valence-electron chi connectivity index (χ2n) is 5.42. The molecule has 0 aromatic rings. The number of hydrogen-bond acceptors (Lipinski definition) is 3. The first-order valence-electron chi connectivity index (χ1n) is 6.69. The highest BCUT2D eigenvalue weighted by molar-refractivity contribution is 5.87. The van der Waals surface area contributed by atoms with Gasteiger partial charge in [0.25, 0.3) is 0 Å². The van der Waals surface area contributed by atoms with E-state index in [1.165, 1.54) is 4.90 Å². The molecule has 102 valence electrons. The van der Waals surface area contributed by atoms with Gasteiger partial charge in [-0.3, -0.25) is 4.79 Å². The average Bonchev–Trinajstić information content (AvgIpc) is 2.74. The van der Waals surface area contributed by atoms with Gasteiger partial charge in [0, 0.05) is 13.2 Å². The summed E-state index contributed by atoms with van der Waals surface area (Å²) in [5, 5.41) is 9.27. The van der Waals surface area contributed by atoms with E-state index in [0.29, 0.717) is 26.0 Å². The van der Waals surface area contributed by atoms with E-state index in [0.717, 1.165) is 25.7 Å². The zero-order valence-corrected chi connectivity index (χ0v) is 10.9. The van der Waals surface area contributed by atoms with Gasteiger partial charge in [0.05, 0.1) is 12.5 Å². The van der Waals surface area contributed by atoms with Crippen molar-refractivity contribution in [3.05, 3.63) is 0 Å². The van der Waals surface area contributed by atoms with E-state index < -0.39 is 11.5 Å². The summed E-state index contributed by atoms with van der Waals surface area (Å²) < 4.78 is 5.54. The van der Waals surface area contributed by atoms with Crippen LogP contribution in [0.15, 0.2) is 0 Å². The SMILES string of the molecule is CC1(C(=O)O)CCCN1C(=O)CC1CCCCO1. The van der Waals surface area contributed by atoms with Crippen LogP contribution in [0.25, 0.3) is 0 Å². The predicted molar refractivity (Wildman–Crippen MR) is 65.2 cm³/mol. The van der Waals surface area contributed by atoms with Crippen LogP contribution in [0, 0.1) is 0 Å². The third kappa shape index (κ3) is 2.51. The van der Waals surface area contributed by atoms with E-state index in [1.54, 1.807) is 6.92 Å². The predicted octanol–water partition coefficient (Wildman–Crippen LogP) is 1.41. The molecule has 2 aliphatic heterocycles. The summed E-state index contributed by atoms with van der Waals surface area (Å²) in [7, 11) is 0. The molecule has 2 fully saturated rings. The number of ether oxygens (including phenoxy) is 1. The molecule has 0 spiro atoms. The van der Waals surface area contributed by atoms with Gasteiger partial charge in [0.1, 0.15) is 5.54 Å². The summed E-state index contributed by atoms with van der Waals surface area (Å²) in [4.78, 5) is 25.0. The van der Waals surface area contributed by atoms with Gasteiger partial charge in [-0.1, -0.05) is 0 Å². The Morgan fingerprint density at radius 2 is 2.17 bits per heavy atom. The van der Waals surface area contributed by atoms with Crippen LogP contribution in [-0.4, -0.2) is 46.7 Å². The largest absolute Gasteiger partial charge is 0.480 e. The van der Waals surface area contributed by atoms with Crippen molar-refractivity contribution >= 4 is 11.9 Å². The Hall–Kier alpha value is -1.10. The molecule has 5 nitrogen and oxygen atoms in total. The molecule has 18 heavy (non-hydrogen) atoms. The minimum Gasteiger partial charge on any atom is -0.480 e. The molecule has 2 aliphatic rings. The lowest BCUT2D eigenvalue weighted by Gasteiger charge is -2.33. The molecule has 2 heterocycles. The Morgan fingerprint density at radius 3 is 2.78 bits per heavy atom. The van der Waals surface area contributed by atoms with Gasteiger partial charge in [-0.05, 0) is 39.0 Å². The number of carbonyl (C=O) groups is 2. The maximum absolute atomic E-state index is 12.2. The third-order valence-electron chi connectivity index (χ3n) is 4.08. The van der Waals surface area contributed by atoms with Gasteiger partial charge in [0.15, 0.2) is 0 Å². The zero-order chi connectivity index (χ0) is 13.2. The van der Waals surface area contributed by atoms with E-state index in [9.17, 15) is 14.7 Å². The smallest absolute Gasteiger partial charge is 0.329 e. The number of hydrogen-bond donors (Lipinski definition) is 1. The Bertz CT molecular complexity index is 338. The molecule has 1 amide bonds. The summed E-state index contributed by atoms with van der Waals surface area (Å²) in [5.74, 6) is -0.984. The minimum atomic E-state index is -1.02. The standard InChI is InChI=1S/C13H21NO4/c1-13(12(16)17)6-4-7-14(13)11(15)9-10-5-2-3-8-18-10/h10H,2-9H2,1H3,(H,16,17). The van der Waals surface area contributed by atoms with Gasteiger partial charge in [-0.25, -0.2) is 4.79 Å². The molecule has 0 aromatic carbocycles. The van der Waals surface area contributed by atoms with Crippen LogP contribution in [0.5, 0.6) is 0 Å². The Morgan fingerprint density at radius 1 is 1.39 bits per heavy atom. The third-order valence-corrected chi connectivity index (χ3v) is 4.08. The number of carbonyl (C=O) groups excluding carboxylic acids is 1. The first-order valence-corrected chi connectivity index (χ1v) is 6.69. The number of carboxylic acid groups (broad SMARTS) is 1. The topological polar surface area (TPSA) is 66.8 Å². The maximum atomic E-state index is 12.2. The molecule has 0 bridgehead atoms. The number of rotatable bonds is 3. The van der Waals surface area contributed by atoms with E-state index in [1.807, 2.05) is 0 Å². The molecule has 2 atom stereocenters. The number of likely N-dealkylation sites (tertiary alicyclic amines) is 1. The summed E-state index contributed by atoms with van der Waals surface area (Å²) in [6.45, 7) is 2.91. The van der Waals surface area contributed by atoms with Crippen LogP contribution in [0.3, 0.4) is 0 Å². The van der Waals surface area contributed by atoms with Gasteiger partial charge in [-0.15, -0.1) is 0 Å². The van der Waals surface area contributed by atoms with Crippen molar-refractivity contribution in [3.63, 3.8) is 0 Å². The lowest BCUT2D eigenvalue weighted by atomic mass is 9.98. The van der Waals surface area contributed by atoms with Gasteiger partial charge < -0.3 is 14.7 Å². The van der Waals surface area contributed by atoms with Crippen molar-refractivity contribution in [2.75, 3.05) is 13.2 Å². The van der Waals surface area contributed by atoms with E-state index in [-0.39, 0.29) is 12.0 Å².